The zero-order valence-corrected chi connectivity index (χ0v) is 10.6. The Bertz CT molecular complexity index is 344. The summed E-state index contributed by atoms with van der Waals surface area (Å²) in [6.45, 7) is 1.54. The fourth-order valence-corrected chi connectivity index (χ4v) is 2.60. The van der Waals surface area contributed by atoms with Gasteiger partial charge in [0, 0.05) is 6.92 Å². The number of rotatable bonds is 4. The summed E-state index contributed by atoms with van der Waals surface area (Å²) >= 11 is 0. The Kier molecular flexibility index (Phi) is 4.32. The lowest BCUT2D eigenvalue weighted by Gasteiger charge is -2.36. The number of esters is 1. The molecule has 1 fully saturated rings. The molecule has 0 heterocycles. The minimum atomic E-state index is -3.24. The second-order valence-electron chi connectivity index (χ2n) is 4.43. The van der Waals surface area contributed by atoms with Gasteiger partial charge in [0.05, 0.1) is 12.8 Å². The zero-order chi connectivity index (χ0) is 12.2. The van der Waals surface area contributed by atoms with Crippen LogP contribution < -0.4 is 4.72 Å². The molecule has 1 N–H and O–H groups in total. The smallest absolute Gasteiger partial charge is 0.303 e. The third-order valence-electron chi connectivity index (χ3n) is 2.78. The summed E-state index contributed by atoms with van der Waals surface area (Å²) in [5.41, 5.74) is -0.632. The van der Waals surface area contributed by atoms with Crippen molar-refractivity contribution in [1.29, 1.82) is 0 Å². The van der Waals surface area contributed by atoms with E-state index in [0.29, 0.717) is 0 Å². The van der Waals surface area contributed by atoms with Gasteiger partial charge in [-0.3, -0.25) is 4.79 Å². The molecule has 0 aromatic rings. The van der Waals surface area contributed by atoms with E-state index in [4.69, 9.17) is 4.74 Å². The highest BCUT2D eigenvalue weighted by Crippen LogP contribution is 2.31. The topological polar surface area (TPSA) is 72.5 Å². The van der Waals surface area contributed by atoms with Crippen molar-refractivity contribution in [3.05, 3.63) is 0 Å². The fourth-order valence-electron chi connectivity index (χ4n) is 2.08. The van der Waals surface area contributed by atoms with Crippen LogP contribution in [0.1, 0.15) is 39.0 Å². The van der Waals surface area contributed by atoms with Crippen molar-refractivity contribution in [2.24, 2.45) is 0 Å². The third kappa shape index (κ3) is 4.49. The summed E-state index contributed by atoms with van der Waals surface area (Å²) in [6, 6.07) is 0. The van der Waals surface area contributed by atoms with E-state index < -0.39 is 15.6 Å². The average molecular weight is 249 g/mol. The SMILES string of the molecule is CC(=O)OC1(CNS(C)(=O)=O)CCCCC1. The summed E-state index contributed by atoms with van der Waals surface area (Å²) in [5.74, 6) is -0.350. The zero-order valence-electron chi connectivity index (χ0n) is 9.78. The Morgan fingerprint density at radius 1 is 1.31 bits per heavy atom. The molecule has 94 valence electrons. The summed E-state index contributed by atoms with van der Waals surface area (Å²) in [7, 11) is -3.24. The van der Waals surface area contributed by atoms with Crippen LogP contribution in [0.2, 0.25) is 0 Å². The Morgan fingerprint density at radius 2 is 1.88 bits per heavy atom. The van der Waals surface area contributed by atoms with Crippen LogP contribution in [0.3, 0.4) is 0 Å². The molecule has 0 unspecified atom stereocenters. The molecule has 0 radical (unpaired) electrons. The number of carbonyl (C=O) groups excluding carboxylic acids is 1. The maximum atomic E-state index is 11.1. The lowest BCUT2D eigenvalue weighted by atomic mass is 9.85. The molecular formula is C10H19NO4S. The standard InChI is InChI=1S/C10H19NO4S/c1-9(12)15-10(6-4-3-5-7-10)8-11-16(2,13)14/h11H,3-8H2,1-2H3. The maximum Gasteiger partial charge on any atom is 0.303 e. The second-order valence-corrected chi connectivity index (χ2v) is 6.26. The van der Waals surface area contributed by atoms with Gasteiger partial charge in [-0.2, -0.15) is 0 Å². The first-order chi connectivity index (χ1) is 7.33. The van der Waals surface area contributed by atoms with Crippen LogP contribution in [0.15, 0.2) is 0 Å². The molecule has 0 aromatic heterocycles. The molecule has 0 amide bonds. The van der Waals surface area contributed by atoms with E-state index >= 15 is 0 Å². The van der Waals surface area contributed by atoms with Crippen molar-refractivity contribution in [1.82, 2.24) is 4.72 Å². The number of carbonyl (C=O) groups is 1. The molecule has 0 aliphatic heterocycles. The third-order valence-corrected chi connectivity index (χ3v) is 3.45. The van der Waals surface area contributed by atoms with Crippen molar-refractivity contribution in [3.8, 4) is 0 Å². The van der Waals surface area contributed by atoms with Crippen molar-refractivity contribution in [3.63, 3.8) is 0 Å². The average Bonchev–Trinajstić information content (AvgIpc) is 2.14. The highest BCUT2D eigenvalue weighted by atomic mass is 32.2. The molecule has 0 aromatic carbocycles. The first-order valence-corrected chi connectivity index (χ1v) is 7.36. The van der Waals surface area contributed by atoms with E-state index in [1.165, 1.54) is 6.92 Å². The monoisotopic (exact) mass is 249 g/mol. The van der Waals surface area contributed by atoms with Crippen molar-refractivity contribution in [2.45, 2.75) is 44.6 Å². The molecule has 0 atom stereocenters. The van der Waals surface area contributed by atoms with Crippen LogP contribution in [-0.2, 0) is 19.6 Å². The number of sulfonamides is 1. The van der Waals surface area contributed by atoms with Crippen LogP contribution in [0.4, 0.5) is 0 Å². The molecule has 6 heteroatoms. The number of ether oxygens (including phenoxy) is 1. The minimum absolute atomic E-state index is 0.186. The largest absolute Gasteiger partial charge is 0.458 e. The van der Waals surface area contributed by atoms with Crippen molar-refractivity contribution in [2.75, 3.05) is 12.8 Å². The van der Waals surface area contributed by atoms with Gasteiger partial charge in [0.25, 0.3) is 0 Å². The van der Waals surface area contributed by atoms with E-state index in [1.54, 1.807) is 0 Å². The molecule has 16 heavy (non-hydrogen) atoms. The normalized spacial score (nSPS) is 20.4. The van der Waals surface area contributed by atoms with Gasteiger partial charge in [-0.05, 0) is 25.7 Å². The van der Waals surface area contributed by atoms with Crippen LogP contribution in [0.5, 0.6) is 0 Å². The Balaban J connectivity index is 2.66. The lowest BCUT2D eigenvalue weighted by Crippen LogP contribution is -2.47. The van der Waals surface area contributed by atoms with Gasteiger partial charge in [0.2, 0.25) is 10.0 Å². The molecule has 1 aliphatic carbocycles. The van der Waals surface area contributed by atoms with E-state index in [0.717, 1.165) is 38.4 Å². The van der Waals surface area contributed by atoms with Crippen LogP contribution in [-0.4, -0.2) is 32.8 Å². The van der Waals surface area contributed by atoms with E-state index in [2.05, 4.69) is 4.72 Å². The van der Waals surface area contributed by atoms with Gasteiger partial charge in [-0.15, -0.1) is 0 Å². The van der Waals surface area contributed by atoms with Crippen LogP contribution in [0.25, 0.3) is 0 Å². The molecule has 0 saturated heterocycles. The Labute approximate surface area is 96.6 Å². The summed E-state index contributed by atoms with van der Waals surface area (Å²) in [5, 5.41) is 0. The molecule has 1 aliphatic rings. The van der Waals surface area contributed by atoms with E-state index in [1.807, 2.05) is 0 Å². The summed E-state index contributed by atoms with van der Waals surface area (Å²) in [6.07, 6.45) is 5.63. The predicted octanol–water partition coefficient (Wildman–Crippen LogP) is 0.802. The van der Waals surface area contributed by atoms with E-state index in [9.17, 15) is 13.2 Å². The number of nitrogens with one attached hydrogen (secondary N) is 1. The first kappa shape index (κ1) is 13.4. The van der Waals surface area contributed by atoms with Crippen LogP contribution in [0, 0.1) is 0 Å². The van der Waals surface area contributed by atoms with Gasteiger partial charge < -0.3 is 4.74 Å². The highest BCUT2D eigenvalue weighted by molar-refractivity contribution is 7.88. The predicted molar refractivity (Wildman–Crippen MR) is 60.4 cm³/mol. The molecular weight excluding hydrogens is 230 g/mol. The van der Waals surface area contributed by atoms with Crippen LogP contribution >= 0.6 is 0 Å². The Morgan fingerprint density at radius 3 is 2.31 bits per heavy atom. The second kappa shape index (κ2) is 5.14. The van der Waals surface area contributed by atoms with Gasteiger partial charge in [0.1, 0.15) is 5.60 Å². The molecule has 1 saturated carbocycles. The summed E-state index contributed by atoms with van der Waals surface area (Å²) < 4.78 is 29.8. The van der Waals surface area contributed by atoms with Gasteiger partial charge >= 0.3 is 5.97 Å². The van der Waals surface area contributed by atoms with Gasteiger partial charge in [-0.25, -0.2) is 13.1 Å². The Hall–Kier alpha value is -0.620. The maximum absolute atomic E-state index is 11.1. The highest BCUT2D eigenvalue weighted by Gasteiger charge is 2.35. The lowest BCUT2D eigenvalue weighted by molar-refractivity contribution is -0.159. The molecule has 5 nitrogen and oxygen atoms in total. The van der Waals surface area contributed by atoms with Gasteiger partial charge in [0.15, 0.2) is 0 Å². The number of hydrogen-bond acceptors (Lipinski definition) is 4. The molecule has 0 spiro atoms. The number of hydrogen-bond donors (Lipinski definition) is 1. The molecule has 1 rings (SSSR count). The summed E-state index contributed by atoms with van der Waals surface area (Å²) in [4.78, 5) is 11.0. The van der Waals surface area contributed by atoms with E-state index in [-0.39, 0.29) is 12.5 Å². The van der Waals surface area contributed by atoms with Crippen molar-refractivity contribution >= 4 is 16.0 Å². The quantitative estimate of drug-likeness (QED) is 0.748. The van der Waals surface area contributed by atoms with Gasteiger partial charge in [-0.1, -0.05) is 6.42 Å². The fraction of sp³-hybridized carbons (Fsp3) is 0.900. The minimum Gasteiger partial charge on any atom is -0.458 e. The first-order valence-electron chi connectivity index (χ1n) is 5.47. The molecule has 0 bridgehead atoms. The van der Waals surface area contributed by atoms with Crippen molar-refractivity contribution < 1.29 is 17.9 Å².